The summed E-state index contributed by atoms with van der Waals surface area (Å²) in [7, 11) is 0. The van der Waals surface area contributed by atoms with E-state index >= 15 is 0 Å². The molecule has 3 aromatic rings. The number of nitrogens with one attached hydrogen (secondary N) is 1. The van der Waals surface area contributed by atoms with E-state index in [0.29, 0.717) is 22.5 Å². The highest BCUT2D eigenvalue weighted by Crippen LogP contribution is 2.53. The summed E-state index contributed by atoms with van der Waals surface area (Å²) in [6, 6.07) is 19.9. The largest absolute Gasteiger partial charge is 0.326 e. The van der Waals surface area contributed by atoms with Crippen LogP contribution in [-0.2, 0) is 20.8 Å². The van der Waals surface area contributed by atoms with E-state index < -0.39 is 0 Å². The molecule has 1 saturated heterocycles. The molecular weight excluding hydrogens is 452 g/mol. The lowest BCUT2D eigenvalue weighted by Gasteiger charge is -2.17. The molecule has 176 valence electrons. The fourth-order valence-electron chi connectivity index (χ4n) is 6.42. The number of ketones is 1. The summed E-state index contributed by atoms with van der Waals surface area (Å²) in [4.78, 5) is 52.8. The van der Waals surface area contributed by atoms with Gasteiger partial charge >= 0.3 is 0 Å². The van der Waals surface area contributed by atoms with Crippen LogP contribution in [0.1, 0.15) is 27.9 Å². The summed E-state index contributed by atoms with van der Waals surface area (Å²) in [5, 5.41) is 2.88. The summed E-state index contributed by atoms with van der Waals surface area (Å²) in [5.74, 6) is -0.584. The maximum atomic E-state index is 13.0. The van der Waals surface area contributed by atoms with Crippen LogP contribution in [-0.4, -0.2) is 23.5 Å². The molecule has 0 radical (unpaired) electrons. The Hall–Kier alpha value is -4.32. The molecule has 2 fully saturated rings. The molecule has 3 aliphatic carbocycles. The maximum Gasteiger partial charge on any atom is 0.238 e. The molecule has 0 spiro atoms. The number of imide groups is 1. The molecule has 1 N–H and O–H groups in total. The number of fused-ring (bicyclic) bond motifs is 8. The molecule has 1 aliphatic heterocycles. The number of carbonyl (C=O) groups excluding carboxylic acids is 4. The fraction of sp³-hybridized carbons (Fsp3) is 0.200. The van der Waals surface area contributed by atoms with Gasteiger partial charge in [0.2, 0.25) is 17.7 Å². The molecule has 3 amide bonds. The Morgan fingerprint density at radius 1 is 0.778 bits per heavy atom. The Morgan fingerprint density at radius 2 is 1.42 bits per heavy atom. The first kappa shape index (κ1) is 21.0. The fourth-order valence-corrected chi connectivity index (χ4v) is 6.42. The first-order valence-electron chi connectivity index (χ1n) is 12.2. The molecule has 1 saturated carbocycles. The number of hydrogen-bond acceptors (Lipinski definition) is 4. The monoisotopic (exact) mass is 474 g/mol. The molecule has 2 bridgehead atoms. The number of carbonyl (C=O) groups is 4. The lowest BCUT2D eigenvalue weighted by molar-refractivity contribution is -0.123. The molecule has 3 aromatic carbocycles. The van der Waals surface area contributed by atoms with Crippen molar-refractivity contribution in [2.24, 2.45) is 23.7 Å². The molecule has 4 unspecified atom stereocenters. The van der Waals surface area contributed by atoms with Gasteiger partial charge in [-0.1, -0.05) is 54.6 Å². The summed E-state index contributed by atoms with van der Waals surface area (Å²) >= 11 is 0. The van der Waals surface area contributed by atoms with E-state index in [4.69, 9.17) is 0 Å². The van der Waals surface area contributed by atoms with Crippen LogP contribution < -0.4 is 10.2 Å². The van der Waals surface area contributed by atoms with Gasteiger partial charge in [-0.2, -0.15) is 0 Å². The van der Waals surface area contributed by atoms with Gasteiger partial charge in [0.05, 0.1) is 23.9 Å². The number of benzene rings is 3. The predicted octanol–water partition coefficient (Wildman–Crippen LogP) is 4.39. The van der Waals surface area contributed by atoms with Crippen molar-refractivity contribution in [2.45, 2.75) is 12.8 Å². The van der Waals surface area contributed by atoms with Crippen molar-refractivity contribution in [3.8, 4) is 11.1 Å². The lowest BCUT2D eigenvalue weighted by atomic mass is 9.85. The van der Waals surface area contributed by atoms with Gasteiger partial charge in [0.1, 0.15) is 0 Å². The summed E-state index contributed by atoms with van der Waals surface area (Å²) in [6.07, 6.45) is 5.20. The zero-order chi connectivity index (χ0) is 24.6. The maximum absolute atomic E-state index is 13.0. The summed E-state index contributed by atoms with van der Waals surface area (Å²) < 4.78 is 0. The Morgan fingerprint density at radius 3 is 2.11 bits per heavy atom. The molecule has 7 rings (SSSR count). The van der Waals surface area contributed by atoms with E-state index in [9.17, 15) is 19.2 Å². The number of rotatable bonds is 4. The minimum atomic E-state index is -0.232. The van der Waals surface area contributed by atoms with Gasteiger partial charge in [-0.05, 0) is 59.2 Å². The van der Waals surface area contributed by atoms with Crippen LogP contribution in [0.2, 0.25) is 0 Å². The van der Waals surface area contributed by atoms with Crippen LogP contribution in [0.15, 0.2) is 78.9 Å². The highest BCUT2D eigenvalue weighted by atomic mass is 16.2. The van der Waals surface area contributed by atoms with Crippen molar-refractivity contribution in [1.82, 2.24) is 0 Å². The van der Waals surface area contributed by atoms with Gasteiger partial charge in [0.25, 0.3) is 0 Å². The molecule has 4 aliphatic rings. The van der Waals surface area contributed by atoms with Crippen LogP contribution in [0, 0.1) is 23.7 Å². The van der Waals surface area contributed by atoms with Gasteiger partial charge < -0.3 is 5.32 Å². The second kappa shape index (κ2) is 7.59. The number of allylic oxidation sites excluding steroid dienone is 2. The highest BCUT2D eigenvalue weighted by molar-refractivity contribution is 6.23. The van der Waals surface area contributed by atoms with Crippen LogP contribution in [0.4, 0.5) is 11.4 Å². The minimum Gasteiger partial charge on any atom is -0.326 e. The second-order valence-corrected chi connectivity index (χ2v) is 10.0. The van der Waals surface area contributed by atoms with Crippen LogP contribution in [0.5, 0.6) is 0 Å². The van der Waals surface area contributed by atoms with E-state index in [-0.39, 0.29) is 53.6 Å². The third-order valence-corrected chi connectivity index (χ3v) is 8.04. The first-order valence-corrected chi connectivity index (χ1v) is 12.2. The zero-order valence-corrected chi connectivity index (χ0v) is 19.3. The predicted molar refractivity (Wildman–Crippen MR) is 134 cm³/mol. The SMILES string of the molecule is O=C(Cc1ccc(N2C(=O)C3C4C=CC(C4)C3C2=O)cc1)Nc1ccc2c(c1)C(=O)c1ccccc1-2. The van der Waals surface area contributed by atoms with E-state index in [1.807, 2.05) is 30.3 Å². The molecule has 0 aromatic heterocycles. The van der Waals surface area contributed by atoms with Gasteiger partial charge in [0.15, 0.2) is 5.78 Å². The Kier molecular flexibility index (Phi) is 4.43. The average Bonchev–Trinajstić information content (AvgIpc) is 3.63. The smallest absolute Gasteiger partial charge is 0.238 e. The van der Waals surface area contributed by atoms with E-state index in [1.54, 1.807) is 36.4 Å². The van der Waals surface area contributed by atoms with Gasteiger partial charge in [0, 0.05) is 16.8 Å². The number of amides is 3. The normalized spacial score (nSPS) is 24.8. The number of anilines is 2. The van der Waals surface area contributed by atoms with E-state index in [2.05, 4.69) is 17.5 Å². The highest BCUT2D eigenvalue weighted by Gasteiger charge is 2.59. The Labute approximate surface area is 207 Å². The Balaban J connectivity index is 1.04. The lowest BCUT2D eigenvalue weighted by Crippen LogP contribution is -2.32. The molecule has 36 heavy (non-hydrogen) atoms. The third kappa shape index (κ3) is 2.97. The van der Waals surface area contributed by atoms with E-state index in [1.165, 1.54) is 4.90 Å². The molecule has 1 heterocycles. The number of hydrogen-bond donors (Lipinski definition) is 1. The quantitative estimate of drug-likeness (QED) is 0.351. The number of nitrogens with zero attached hydrogens (tertiary/aromatic N) is 1. The van der Waals surface area contributed by atoms with Crippen LogP contribution in [0.3, 0.4) is 0 Å². The molecule has 4 atom stereocenters. The van der Waals surface area contributed by atoms with Crippen LogP contribution in [0.25, 0.3) is 11.1 Å². The zero-order valence-electron chi connectivity index (χ0n) is 19.3. The Bertz CT molecular complexity index is 1490. The van der Waals surface area contributed by atoms with Gasteiger partial charge in [-0.15, -0.1) is 0 Å². The summed E-state index contributed by atoms with van der Waals surface area (Å²) in [6.45, 7) is 0. The van der Waals surface area contributed by atoms with Crippen molar-refractivity contribution in [3.05, 3.63) is 95.6 Å². The van der Waals surface area contributed by atoms with Gasteiger partial charge in [-0.25, -0.2) is 0 Å². The molecule has 6 heteroatoms. The van der Waals surface area contributed by atoms with Crippen LogP contribution >= 0.6 is 0 Å². The third-order valence-electron chi connectivity index (χ3n) is 8.04. The van der Waals surface area contributed by atoms with Crippen molar-refractivity contribution in [2.75, 3.05) is 10.2 Å². The molecular formula is C30H22N2O4. The topological polar surface area (TPSA) is 83.6 Å². The second-order valence-electron chi connectivity index (χ2n) is 10.0. The standard InChI is InChI=1S/C30H22N2O4/c33-25(31-19-9-12-22-21-3-1-2-4-23(21)28(34)24(22)15-19)13-16-5-10-20(11-6-16)32-29(35)26-17-7-8-18(14-17)27(26)30(32)36/h1-12,15,17-18,26-27H,13-14H2,(H,31,33). The average molecular weight is 475 g/mol. The minimum absolute atomic E-state index is 0.0359. The van der Waals surface area contributed by atoms with Crippen molar-refractivity contribution >= 4 is 34.9 Å². The van der Waals surface area contributed by atoms with E-state index in [0.717, 1.165) is 23.1 Å². The van der Waals surface area contributed by atoms with Crippen molar-refractivity contribution in [1.29, 1.82) is 0 Å². The summed E-state index contributed by atoms with van der Waals surface area (Å²) in [5.41, 5.74) is 4.95. The van der Waals surface area contributed by atoms with Gasteiger partial charge in [-0.3, -0.25) is 24.1 Å². The van der Waals surface area contributed by atoms with Crippen molar-refractivity contribution in [3.63, 3.8) is 0 Å². The van der Waals surface area contributed by atoms with Crippen molar-refractivity contribution < 1.29 is 19.2 Å². The first-order chi connectivity index (χ1) is 17.5. The molecule has 6 nitrogen and oxygen atoms in total.